The van der Waals surface area contributed by atoms with Gasteiger partial charge in [0.2, 0.25) is 5.91 Å². The first-order valence-electron chi connectivity index (χ1n) is 6.31. The van der Waals surface area contributed by atoms with Gasteiger partial charge in [-0.15, -0.1) is 0 Å². The summed E-state index contributed by atoms with van der Waals surface area (Å²) in [5.41, 5.74) is -0.395. The number of nitrogens with one attached hydrogen (secondary N) is 1. The predicted molar refractivity (Wildman–Crippen MR) is 81.7 cm³/mol. The van der Waals surface area contributed by atoms with Crippen molar-refractivity contribution in [2.24, 2.45) is 0 Å². The van der Waals surface area contributed by atoms with Gasteiger partial charge in [0.1, 0.15) is 5.54 Å². The molecule has 5 nitrogen and oxygen atoms in total. The molecule has 110 valence electrons. The number of hydrogen-bond acceptors (Lipinski definition) is 3. The fourth-order valence-corrected chi connectivity index (χ4v) is 2.01. The topological polar surface area (TPSA) is 69.6 Å². The fraction of sp³-hybridized carbons (Fsp3) is 0.429. The smallest absolute Gasteiger partial charge is 0.323 e. The predicted octanol–water partition coefficient (Wildman–Crippen LogP) is 2.57. The Kier molecular flexibility index (Phi) is 5.71. The lowest BCUT2D eigenvalue weighted by atomic mass is 10.0. The second kappa shape index (κ2) is 6.85. The quantitative estimate of drug-likeness (QED) is 0.833. The number of anilines is 1. The molecule has 0 heterocycles. The highest BCUT2D eigenvalue weighted by Crippen LogP contribution is 2.16. The van der Waals surface area contributed by atoms with Gasteiger partial charge in [-0.3, -0.25) is 14.5 Å². The van der Waals surface area contributed by atoms with Gasteiger partial charge in [0.15, 0.2) is 0 Å². The summed E-state index contributed by atoms with van der Waals surface area (Å²) in [7, 11) is 0. The van der Waals surface area contributed by atoms with Crippen molar-refractivity contribution in [3.63, 3.8) is 0 Å². The van der Waals surface area contributed by atoms with Crippen molar-refractivity contribution >= 4 is 33.5 Å². The van der Waals surface area contributed by atoms with Crippen molar-refractivity contribution in [2.45, 2.75) is 26.3 Å². The minimum atomic E-state index is -1.08. The van der Waals surface area contributed by atoms with Crippen LogP contribution >= 0.6 is 15.9 Å². The van der Waals surface area contributed by atoms with Crippen molar-refractivity contribution in [1.29, 1.82) is 0 Å². The third-order valence-corrected chi connectivity index (χ3v) is 3.69. The third-order valence-electron chi connectivity index (χ3n) is 3.16. The molecular weight excluding hydrogens is 324 g/mol. The number of benzene rings is 1. The van der Waals surface area contributed by atoms with E-state index in [0.717, 1.165) is 4.47 Å². The standard InChI is InChI=1S/C14H19BrN2O3/c1-4-17(14(2,3)13(19)20)9-12(18)16-11-7-5-10(15)6-8-11/h5-8H,4,9H2,1-3H3,(H,16,18)(H,19,20). The number of likely N-dealkylation sites (N-methyl/N-ethyl adjacent to an activating group) is 1. The van der Waals surface area contributed by atoms with E-state index < -0.39 is 11.5 Å². The molecule has 1 rings (SSSR count). The molecule has 0 aliphatic carbocycles. The van der Waals surface area contributed by atoms with Crippen LogP contribution in [0.2, 0.25) is 0 Å². The van der Waals surface area contributed by atoms with Crippen LogP contribution in [0.15, 0.2) is 28.7 Å². The van der Waals surface area contributed by atoms with Crippen LogP contribution in [0, 0.1) is 0 Å². The number of rotatable bonds is 6. The van der Waals surface area contributed by atoms with Crippen molar-refractivity contribution in [3.8, 4) is 0 Å². The van der Waals surface area contributed by atoms with Crippen molar-refractivity contribution < 1.29 is 14.7 Å². The molecule has 0 aliphatic heterocycles. The minimum absolute atomic E-state index is 0.0336. The molecule has 0 aromatic heterocycles. The van der Waals surface area contributed by atoms with Crippen LogP contribution < -0.4 is 5.32 Å². The van der Waals surface area contributed by atoms with Crippen LogP contribution in [0.4, 0.5) is 5.69 Å². The Labute approximate surface area is 127 Å². The van der Waals surface area contributed by atoms with Gasteiger partial charge in [-0.05, 0) is 44.7 Å². The van der Waals surface area contributed by atoms with Crippen LogP contribution in [-0.2, 0) is 9.59 Å². The van der Waals surface area contributed by atoms with Gasteiger partial charge in [-0.2, -0.15) is 0 Å². The minimum Gasteiger partial charge on any atom is -0.480 e. The second-order valence-corrected chi connectivity index (χ2v) is 5.85. The molecule has 1 aromatic carbocycles. The molecule has 0 saturated carbocycles. The number of carboxylic acids is 1. The summed E-state index contributed by atoms with van der Waals surface area (Å²) in [6.45, 7) is 5.52. The van der Waals surface area contributed by atoms with Crippen LogP contribution in [0.1, 0.15) is 20.8 Å². The first-order chi connectivity index (χ1) is 9.27. The molecule has 0 bridgehead atoms. The summed E-state index contributed by atoms with van der Waals surface area (Å²) in [4.78, 5) is 24.8. The molecular formula is C14H19BrN2O3. The summed E-state index contributed by atoms with van der Waals surface area (Å²) in [5.74, 6) is -1.18. The molecule has 6 heteroatoms. The van der Waals surface area contributed by atoms with Gasteiger partial charge in [-0.1, -0.05) is 22.9 Å². The number of nitrogens with zero attached hydrogens (tertiary/aromatic N) is 1. The molecule has 0 fully saturated rings. The average Bonchev–Trinajstić information content (AvgIpc) is 2.38. The number of carbonyl (C=O) groups is 2. The van der Waals surface area contributed by atoms with Crippen molar-refractivity contribution in [3.05, 3.63) is 28.7 Å². The molecule has 0 spiro atoms. The van der Waals surface area contributed by atoms with Crippen molar-refractivity contribution in [1.82, 2.24) is 4.90 Å². The lowest BCUT2D eigenvalue weighted by molar-refractivity contribution is -0.149. The molecule has 0 unspecified atom stereocenters. The Hall–Kier alpha value is -1.40. The molecule has 0 aliphatic rings. The van der Waals surface area contributed by atoms with E-state index in [2.05, 4.69) is 21.2 Å². The van der Waals surface area contributed by atoms with Gasteiger partial charge in [0, 0.05) is 10.2 Å². The SMILES string of the molecule is CCN(CC(=O)Nc1ccc(Br)cc1)C(C)(C)C(=O)O. The first-order valence-corrected chi connectivity index (χ1v) is 7.10. The normalized spacial score (nSPS) is 11.4. The van der Waals surface area contributed by atoms with E-state index in [0.29, 0.717) is 12.2 Å². The molecule has 1 amide bonds. The van der Waals surface area contributed by atoms with E-state index >= 15 is 0 Å². The first kappa shape index (κ1) is 16.7. The molecule has 0 radical (unpaired) electrons. The van der Waals surface area contributed by atoms with Gasteiger partial charge in [0.25, 0.3) is 0 Å². The Morgan fingerprint density at radius 1 is 1.30 bits per heavy atom. The summed E-state index contributed by atoms with van der Waals surface area (Å²) in [5, 5.41) is 11.9. The Bertz CT molecular complexity index is 486. The number of carboxylic acid groups (broad SMARTS) is 1. The lowest BCUT2D eigenvalue weighted by Gasteiger charge is -2.33. The van der Waals surface area contributed by atoms with Gasteiger partial charge in [0.05, 0.1) is 6.54 Å². The maximum Gasteiger partial charge on any atom is 0.323 e. The zero-order chi connectivity index (χ0) is 15.3. The molecule has 2 N–H and O–H groups in total. The van der Waals surface area contributed by atoms with Gasteiger partial charge in [-0.25, -0.2) is 0 Å². The third kappa shape index (κ3) is 4.31. The largest absolute Gasteiger partial charge is 0.480 e. The molecule has 1 aromatic rings. The molecule has 0 saturated heterocycles. The number of aliphatic carboxylic acids is 1. The summed E-state index contributed by atoms with van der Waals surface area (Å²) in [6.07, 6.45) is 0. The highest BCUT2D eigenvalue weighted by molar-refractivity contribution is 9.10. The number of amides is 1. The maximum absolute atomic E-state index is 12.0. The maximum atomic E-state index is 12.0. The van der Waals surface area contributed by atoms with Crippen LogP contribution in [0.25, 0.3) is 0 Å². The highest BCUT2D eigenvalue weighted by atomic mass is 79.9. The van der Waals surface area contributed by atoms with E-state index in [1.54, 1.807) is 30.9 Å². The van der Waals surface area contributed by atoms with Crippen LogP contribution in [0.5, 0.6) is 0 Å². The van der Waals surface area contributed by atoms with E-state index in [4.69, 9.17) is 0 Å². The van der Waals surface area contributed by atoms with E-state index in [1.165, 1.54) is 0 Å². The molecule has 20 heavy (non-hydrogen) atoms. The number of hydrogen-bond donors (Lipinski definition) is 2. The van der Waals surface area contributed by atoms with Gasteiger partial charge >= 0.3 is 5.97 Å². The summed E-state index contributed by atoms with van der Waals surface area (Å²) in [6, 6.07) is 7.21. The zero-order valence-corrected chi connectivity index (χ0v) is 13.4. The summed E-state index contributed by atoms with van der Waals surface area (Å²) >= 11 is 3.32. The monoisotopic (exact) mass is 342 g/mol. The lowest BCUT2D eigenvalue weighted by Crippen LogP contribution is -2.52. The van der Waals surface area contributed by atoms with Crippen LogP contribution in [-0.4, -0.2) is 40.5 Å². The van der Waals surface area contributed by atoms with E-state index in [9.17, 15) is 14.7 Å². The second-order valence-electron chi connectivity index (χ2n) is 4.93. The van der Waals surface area contributed by atoms with E-state index in [-0.39, 0.29) is 12.5 Å². The summed E-state index contributed by atoms with van der Waals surface area (Å²) < 4.78 is 0.928. The molecule has 0 atom stereocenters. The Balaban J connectivity index is 2.69. The van der Waals surface area contributed by atoms with Gasteiger partial charge < -0.3 is 10.4 Å². The Morgan fingerprint density at radius 3 is 2.30 bits per heavy atom. The zero-order valence-electron chi connectivity index (χ0n) is 11.8. The number of carbonyl (C=O) groups excluding carboxylic acids is 1. The van der Waals surface area contributed by atoms with Crippen LogP contribution in [0.3, 0.4) is 0 Å². The Morgan fingerprint density at radius 2 is 1.85 bits per heavy atom. The fourth-order valence-electron chi connectivity index (χ4n) is 1.75. The highest BCUT2D eigenvalue weighted by Gasteiger charge is 2.34. The van der Waals surface area contributed by atoms with E-state index in [1.807, 2.05) is 19.1 Å². The average molecular weight is 343 g/mol. The van der Waals surface area contributed by atoms with Crippen molar-refractivity contribution in [2.75, 3.05) is 18.4 Å². The number of halogens is 1.